The van der Waals surface area contributed by atoms with Crippen LogP contribution in [0.15, 0.2) is 6.07 Å². The Morgan fingerprint density at radius 2 is 2.25 bits per heavy atom. The molecule has 20 heavy (non-hydrogen) atoms. The number of hydrogen-bond donors (Lipinski definition) is 2. The summed E-state index contributed by atoms with van der Waals surface area (Å²) in [4.78, 5) is 25.1. The summed E-state index contributed by atoms with van der Waals surface area (Å²) in [7, 11) is 0. The Morgan fingerprint density at radius 1 is 1.55 bits per heavy atom. The van der Waals surface area contributed by atoms with E-state index in [2.05, 4.69) is 5.10 Å². The minimum Gasteiger partial charge on any atom is -0.481 e. The standard InChI is InChI=1S/C13H20N4O3/c1-9-6-10(14)17(15-9)7-11(18)16-5-3-4-13(2,8-16)12(19)20/h6H,3-5,7-8,14H2,1-2H3,(H,19,20)/t13-/m0/s1. The molecule has 0 spiro atoms. The van der Waals surface area contributed by atoms with Crippen molar-refractivity contribution < 1.29 is 14.7 Å². The van der Waals surface area contributed by atoms with Crippen LogP contribution in [-0.2, 0) is 16.1 Å². The number of carboxylic acids is 1. The van der Waals surface area contributed by atoms with Gasteiger partial charge in [0.15, 0.2) is 0 Å². The number of nitrogens with zero attached hydrogens (tertiary/aromatic N) is 3. The molecule has 0 unspecified atom stereocenters. The molecule has 0 aromatic carbocycles. The number of nitrogen functional groups attached to an aromatic ring is 1. The van der Waals surface area contributed by atoms with E-state index in [1.807, 2.05) is 0 Å². The number of nitrogens with two attached hydrogens (primary N) is 1. The molecule has 0 aliphatic carbocycles. The van der Waals surface area contributed by atoms with Crippen LogP contribution >= 0.6 is 0 Å². The van der Waals surface area contributed by atoms with Crippen molar-refractivity contribution in [1.29, 1.82) is 0 Å². The monoisotopic (exact) mass is 280 g/mol. The molecule has 1 saturated heterocycles. The topological polar surface area (TPSA) is 101 Å². The first-order valence-electron chi connectivity index (χ1n) is 6.63. The number of aromatic nitrogens is 2. The summed E-state index contributed by atoms with van der Waals surface area (Å²) in [6.45, 7) is 4.36. The number of rotatable bonds is 3. The largest absolute Gasteiger partial charge is 0.481 e. The first-order chi connectivity index (χ1) is 9.32. The molecule has 0 saturated carbocycles. The van der Waals surface area contributed by atoms with Crippen LogP contribution in [0.5, 0.6) is 0 Å². The Hall–Kier alpha value is -2.05. The van der Waals surface area contributed by atoms with E-state index in [-0.39, 0.29) is 19.0 Å². The van der Waals surface area contributed by atoms with Crippen molar-refractivity contribution in [2.45, 2.75) is 33.2 Å². The van der Waals surface area contributed by atoms with Gasteiger partial charge in [0.25, 0.3) is 0 Å². The van der Waals surface area contributed by atoms with Crippen LogP contribution in [0.25, 0.3) is 0 Å². The first-order valence-corrected chi connectivity index (χ1v) is 6.63. The fraction of sp³-hybridized carbons (Fsp3) is 0.615. The third-order valence-electron chi connectivity index (χ3n) is 3.78. The normalized spacial score (nSPS) is 22.8. The Morgan fingerprint density at radius 3 is 2.80 bits per heavy atom. The van der Waals surface area contributed by atoms with Crippen LogP contribution in [0.3, 0.4) is 0 Å². The van der Waals surface area contributed by atoms with Gasteiger partial charge in [-0.25, -0.2) is 4.68 Å². The van der Waals surface area contributed by atoms with E-state index >= 15 is 0 Å². The summed E-state index contributed by atoms with van der Waals surface area (Å²) in [5.41, 5.74) is 5.65. The van der Waals surface area contributed by atoms with Gasteiger partial charge in [0.2, 0.25) is 5.91 Å². The number of amides is 1. The summed E-state index contributed by atoms with van der Waals surface area (Å²) in [5.74, 6) is -0.565. The number of aryl methyl sites for hydroxylation is 1. The second-order valence-electron chi connectivity index (χ2n) is 5.65. The molecule has 1 amide bonds. The van der Waals surface area contributed by atoms with E-state index in [1.165, 1.54) is 4.68 Å². The second kappa shape index (κ2) is 5.15. The molecule has 1 fully saturated rings. The van der Waals surface area contributed by atoms with E-state index < -0.39 is 11.4 Å². The third-order valence-corrected chi connectivity index (χ3v) is 3.78. The highest BCUT2D eigenvalue weighted by Crippen LogP contribution is 2.29. The lowest BCUT2D eigenvalue weighted by atomic mass is 9.82. The van der Waals surface area contributed by atoms with E-state index in [0.717, 1.165) is 5.69 Å². The molecular weight excluding hydrogens is 260 g/mol. The molecule has 1 aromatic rings. The fourth-order valence-corrected chi connectivity index (χ4v) is 2.55. The number of carbonyl (C=O) groups is 2. The van der Waals surface area contributed by atoms with Gasteiger partial charge in [0, 0.05) is 19.2 Å². The Bertz CT molecular complexity index is 540. The molecule has 7 nitrogen and oxygen atoms in total. The quantitative estimate of drug-likeness (QED) is 0.839. The maximum absolute atomic E-state index is 12.3. The molecule has 1 aliphatic rings. The van der Waals surface area contributed by atoms with Crippen LogP contribution in [-0.4, -0.2) is 44.8 Å². The highest BCUT2D eigenvalue weighted by molar-refractivity contribution is 5.79. The van der Waals surface area contributed by atoms with Crippen molar-refractivity contribution in [2.75, 3.05) is 18.8 Å². The lowest BCUT2D eigenvalue weighted by molar-refractivity contribution is -0.153. The van der Waals surface area contributed by atoms with Crippen LogP contribution in [0, 0.1) is 12.3 Å². The second-order valence-corrected chi connectivity index (χ2v) is 5.65. The smallest absolute Gasteiger partial charge is 0.311 e. The predicted octanol–water partition coefficient (Wildman–Crippen LogP) is 0.487. The summed E-state index contributed by atoms with van der Waals surface area (Å²) in [6.07, 6.45) is 1.29. The highest BCUT2D eigenvalue weighted by atomic mass is 16.4. The minimum absolute atomic E-state index is 0.0510. The van der Waals surface area contributed by atoms with Crippen molar-refractivity contribution in [2.24, 2.45) is 5.41 Å². The van der Waals surface area contributed by atoms with Gasteiger partial charge in [0.05, 0.1) is 11.1 Å². The Labute approximate surface area is 117 Å². The molecular formula is C13H20N4O3. The molecule has 0 bridgehead atoms. The fourth-order valence-electron chi connectivity index (χ4n) is 2.55. The molecule has 1 aliphatic heterocycles. The van der Waals surface area contributed by atoms with Gasteiger partial charge in [-0.2, -0.15) is 5.10 Å². The Kier molecular flexibility index (Phi) is 3.69. The number of hydrogen-bond acceptors (Lipinski definition) is 4. The van der Waals surface area contributed by atoms with E-state index in [1.54, 1.807) is 24.8 Å². The molecule has 2 heterocycles. The molecule has 0 radical (unpaired) electrons. The van der Waals surface area contributed by atoms with E-state index in [9.17, 15) is 14.7 Å². The first kappa shape index (κ1) is 14.4. The van der Waals surface area contributed by atoms with Crippen molar-refractivity contribution in [3.05, 3.63) is 11.8 Å². The SMILES string of the molecule is Cc1cc(N)n(CC(=O)N2CCC[C@](C)(C(=O)O)C2)n1. The van der Waals surface area contributed by atoms with Gasteiger partial charge in [0.1, 0.15) is 12.4 Å². The summed E-state index contributed by atoms with van der Waals surface area (Å²) in [6, 6.07) is 1.70. The van der Waals surface area contributed by atoms with Crippen molar-refractivity contribution in [3.63, 3.8) is 0 Å². The van der Waals surface area contributed by atoms with Gasteiger partial charge in [-0.15, -0.1) is 0 Å². The van der Waals surface area contributed by atoms with Gasteiger partial charge in [-0.3, -0.25) is 9.59 Å². The van der Waals surface area contributed by atoms with Crippen LogP contribution < -0.4 is 5.73 Å². The number of likely N-dealkylation sites (tertiary alicyclic amines) is 1. The van der Waals surface area contributed by atoms with Crippen LogP contribution in [0.1, 0.15) is 25.5 Å². The number of piperidine rings is 1. The highest BCUT2D eigenvalue weighted by Gasteiger charge is 2.39. The van der Waals surface area contributed by atoms with Crippen LogP contribution in [0.2, 0.25) is 0 Å². The number of carboxylic acid groups (broad SMARTS) is 1. The zero-order chi connectivity index (χ0) is 14.9. The molecule has 7 heteroatoms. The number of carbonyl (C=O) groups excluding carboxylic acids is 1. The van der Waals surface area contributed by atoms with Crippen molar-refractivity contribution in [3.8, 4) is 0 Å². The molecule has 2 rings (SSSR count). The predicted molar refractivity (Wildman–Crippen MR) is 72.9 cm³/mol. The van der Waals surface area contributed by atoms with Gasteiger partial charge < -0.3 is 15.7 Å². The molecule has 3 N–H and O–H groups in total. The summed E-state index contributed by atoms with van der Waals surface area (Å²) < 4.78 is 1.45. The maximum Gasteiger partial charge on any atom is 0.311 e. The zero-order valence-corrected chi connectivity index (χ0v) is 11.8. The molecule has 110 valence electrons. The van der Waals surface area contributed by atoms with Crippen molar-refractivity contribution >= 4 is 17.7 Å². The molecule has 1 aromatic heterocycles. The van der Waals surface area contributed by atoms with Crippen molar-refractivity contribution in [1.82, 2.24) is 14.7 Å². The Balaban J connectivity index is 2.06. The van der Waals surface area contributed by atoms with E-state index in [4.69, 9.17) is 5.73 Å². The minimum atomic E-state index is -0.862. The summed E-state index contributed by atoms with van der Waals surface area (Å²) >= 11 is 0. The number of anilines is 1. The third kappa shape index (κ3) is 2.76. The lowest BCUT2D eigenvalue weighted by Gasteiger charge is -2.37. The van der Waals surface area contributed by atoms with Crippen LogP contribution in [0.4, 0.5) is 5.82 Å². The van der Waals surface area contributed by atoms with Gasteiger partial charge in [-0.05, 0) is 26.7 Å². The average Bonchev–Trinajstić information content (AvgIpc) is 2.67. The van der Waals surface area contributed by atoms with Gasteiger partial charge >= 0.3 is 5.97 Å². The maximum atomic E-state index is 12.3. The summed E-state index contributed by atoms with van der Waals surface area (Å²) in [5, 5.41) is 13.4. The van der Waals surface area contributed by atoms with Gasteiger partial charge in [-0.1, -0.05) is 0 Å². The zero-order valence-electron chi connectivity index (χ0n) is 11.8. The molecule has 1 atom stereocenters. The average molecular weight is 280 g/mol. The van der Waals surface area contributed by atoms with E-state index in [0.29, 0.717) is 25.2 Å². The number of aliphatic carboxylic acids is 1. The lowest BCUT2D eigenvalue weighted by Crippen LogP contribution is -2.49.